The Morgan fingerprint density at radius 2 is 1.70 bits per heavy atom. The van der Waals surface area contributed by atoms with Crippen molar-refractivity contribution in [2.45, 2.75) is 48.6 Å². The maximum Gasteiger partial charge on any atom is 0.416 e. The van der Waals surface area contributed by atoms with Crippen molar-refractivity contribution in [2.75, 3.05) is 19.6 Å². The molecule has 0 radical (unpaired) electrons. The standard InChI is InChI=1S/C24H27F3N2O3S/c25-24(26,27)20-8-4-9-21(16-20)33(31,32)29-14-10-18(11-15-29)22(30)28-17-23(12-5-13-23)19-6-2-1-3-7-19/h1-4,6-9,16,18H,5,10-15,17H2,(H,28,30). The van der Waals surface area contributed by atoms with Gasteiger partial charge in [-0.3, -0.25) is 4.79 Å². The average molecular weight is 481 g/mol. The Balaban J connectivity index is 1.35. The summed E-state index contributed by atoms with van der Waals surface area (Å²) in [4.78, 5) is 12.4. The molecule has 1 saturated carbocycles. The van der Waals surface area contributed by atoms with Gasteiger partial charge >= 0.3 is 6.18 Å². The molecule has 1 aliphatic carbocycles. The Labute approximate surface area is 192 Å². The van der Waals surface area contributed by atoms with Crippen molar-refractivity contribution in [3.05, 3.63) is 65.7 Å². The smallest absolute Gasteiger partial charge is 0.355 e. The van der Waals surface area contributed by atoms with Gasteiger partial charge in [-0.2, -0.15) is 17.5 Å². The second-order valence-corrected chi connectivity index (χ2v) is 10.9. The molecule has 1 heterocycles. The van der Waals surface area contributed by atoms with E-state index in [9.17, 15) is 26.4 Å². The van der Waals surface area contributed by atoms with Crippen molar-refractivity contribution in [2.24, 2.45) is 5.92 Å². The summed E-state index contributed by atoms with van der Waals surface area (Å²) in [6.07, 6.45) is -0.786. The van der Waals surface area contributed by atoms with Crippen LogP contribution in [0.25, 0.3) is 0 Å². The van der Waals surface area contributed by atoms with Crippen molar-refractivity contribution in [3.63, 3.8) is 0 Å². The number of rotatable bonds is 6. The molecule has 0 spiro atoms. The van der Waals surface area contributed by atoms with Crippen LogP contribution in [0.1, 0.15) is 43.2 Å². The van der Waals surface area contributed by atoms with Crippen LogP contribution in [-0.2, 0) is 26.4 Å². The first-order chi connectivity index (χ1) is 15.6. The zero-order valence-corrected chi connectivity index (χ0v) is 19.0. The first kappa shape index (κ1) is 23.8. The fourth-order valence-electron chi connectivity index (χ4n) is 4.70. The number of benzene rings is 2. The summed E-state index contributed by atoms with van der Waals surface area (Å²) in [7, 11) is -4.06. The second kappa shape index (κ2) is 9.10. The molecule has 1 amide bonds. The minimum Gasteiger partial charge on any atom is -0.355 e. The van der Waals surface area contributed by atoms with Crippen LogP contribution in [0.15, 0.2) is 59.5 Å². The van der Waals surface area contributed by atoms with Crippen LogP contribution < -0.4 is 5.32 Å². The number of amides is 1. The summed E-state index contributed by atoms with van der Waals surface area (Å²) >= 11 is 0. The van der Waals surface area contributed by atoms with Crippen molar-refractivity contribution in [1.82, 2.24) is 9.62 Å². The minimum absolute atomic E-state index is 0.0372. The van der Waals surface area contributed by atoms with E-state index in [2.05, 4.69) is 17.4 Å². The highest BCUT2D eigenvalue weighted by Crippen LogP contribution is 2.43. The third-order valence-electron chi connectivity index (χ3n) is 6.92. The number of carbonyl (C=O) groups excluding carboxylic acids is 1. The molecule has 1 aliphatic heterocycles. The van der Waals surface area contributed by atoms with Gasteiger partial charge in [0.05, 0.1) is 10.5 Å². The topological polar surface area (TPSA) is 66.5 Å². The predicted octanol–water partition coefficient (Wildman–Crippen LogP) is 4.34. The fraction of sp³-hybridized carbons (Fsp3) is 0.458. The monoisotopic (exact) mass is 480 g/mol. The van der Waals surface area contributed by atoms with Crippen LogP contribution >= 0.6 is 0 Å². The summed E-state index contributed by atoms with van der Waals surface area (Å²) in [5.74, 6) is -0.404. The van der Waals surface area contributed by atoms with E-state index in [0.29, 0.717) is 25.5 Å². The lowest BCUT2D eigenvalue weighted by Crippen LogP contribution is -2.48. The number of carbonyl (C=O) groups is 1. The van der Waals surface area contributed by atoms with E-state index in [1.165, 1.54) is 15.9 Å². The van der Waals surface area contributed by atoms with Gasteiger partial charge in [-0.15, -0.1) is 0 Å². The molecule has 178 valence electrons. The minimum atomic E-state index is -4.62. The lowest BCUT2D eigenvalue weighted by molar-refractivity contribution is -0.137. The zero-order valence-electron chi connectivity index (χ0n) is 18.1. The Hall–Kier alpha value is -2.39. The Morgan fingerprint density at radius 3 is 2.27 bits per heavy atom. The van der Waals surface area contributed by atoms with E-state index in [4.69, 9.17) is 0 Å². The number of halogens is 3. The molecule has 2 aromatic rings. The molecule has 1 N–H and O–H groups in total. The van der Waals surface area contributed by atoms with Gasteiger partial charge in [-0.05, 0) is 49.4 Å². The van der Waals surface area contributed by atoms with Gasteiger partial charge in [0.15, 0.2) is 0 Å². The van der Waals surface area contributed by atoms with Gasteiger partial charge in [0.1, 0.15) is 0 Å². The summed E-state index contributed by atoms with van der Waals surface area (Å²) in [5.41, 5.74) is 0.185. The molecule has 4 rings (SSSR count). The van der Waals surface area contributed by atoms with Gasteiger partial charge in [-0.25, -0.2) is 8.42 Å². The van der Waals surface area contributed by atoms with E-state index in [1.54, 1.807) is 0 Å². The predicted molar refractivity (Wildman–Crippen MR) is 118 cm³/mol. The van der Waals surface area contributed by atoms with Crippen molar-refractivity contribution in [1.29, 1.82) is 0 Å². The van der Waals surface area contributed by atoms with E-state index in [1.807, 2.05) is 18.2 Å². The zero-order chi connectivity index (χ0) is 23.7. The lowest BCUT2D eigenvalue weighted by Gasteiger charge is -2.43. The highest BCUT2D eigenvalue weighted by Gasteiger charge is 2.40. The van der Waals surface area contributed by atoms with Crippen LogP contribution in [0.3, 0.4) is 0 Å². The molecule has 33 heavy (non-hydrogen) atoms. The largest absolute Gasteiger partial charge is 0.416 e. The maximum atomic E-state index is 13.0. The quantitative estimate of drug-likeness (QED) is 0.669. The number of alkyl halides is 3. The molecule has 2 aromatic carbocycles. The molecule has 0 atom stereocenters. The maximum absolute atomic E-state index is 13.0. The normalized spacial score (nSPS) is 19.6. The first-order valence-electron chi connectivity index (χ1n) is 11.1. The number of hydrogen-bond acceptors (Lipinski definition) is 3. The Kier molecular flexibility index (Phi) is 6.55. The molecule has 0 unspecified atom stereocenters. The molecule has 0 aromatic heterocycles. The van der Waals surface area contributed by atoms with Crippen molar-refractivity contribution < 1.29 is 26.4 Å². The first-order valence-corrected chi connectivity index (χ1v) is 12.6. The Bertz CT molecular complexity index is 1090. The third-order valence-corrected chi connectivity index (χ3v) is 8.82. The molecular weight excluding hydrogens is 453 g/mol. The molecule has 5 nitrogen and oxygen atoms in total. The second-order valence-electron chi connectivity index (χ2n) is 8.92. The molecule has 2 aliphatic rings. The summed E-state index contributed by atoms with van der Waals surface area (Å²) in [6, 6.07) is 13.9. The summed E-state index contributed by atoms with van der Waals surface area (Å²) in [6.45, 7) is 0.750. The van der Waals surface area contributed by atoms with Gasteiger partial charge < -0.3 is 5.32 Å². The fourth-order valence-corrected chi connectivity index (χ4v) is 6.22. The Morgan fingerprint density at radius 1 is 1.03 bits per heavy atom. The SMILES string of the molecule is O=C(NCC1(c2ccccc2)CCC1)C1CCN(S(=O)(=O)c2cccc(C(F)(F)F)c2)CC1. The number of piperidine rings is 1. The van der Waals surface area contributed by atoms with Crippen molar-refractivity contribution >= 4 is 15.9 Å². The molecule has 0 bridgehead atoms. The van der Waals surface area contributed by atoms with E-state index < -0.39 is 21.8 Å². The van der Waals surface area contributed by atoms with Gasteiger partial charge in [-0.1, -0.05) is 42.8 Å². The van der Waals surface area contributed by atoms with E-state index in [0.717, 1.165) is 31.4 Å². The van der Waals surface area contributed by atoms with Gasteiger partial charge in [0, 0.05) is 31.0 Å². The number of hydrogen-bond donors (Lipinski definition) is 1. The highest BCUT2D eigenvalue weighted by atomic mass is 32.2. The molecule has 9 heteroatoms. The summed E-state index contributed by atoms with van der Waals surface area (Å²) in [5, 5.41) is 3.07. The molecular formula is C24H27F3N2O3S. The number of sulfonamides is 1. The van der Waals surface area contributed by atoms with Crippen molar-refractivity contribution in [3.8, 4) is 0 Å². The van der Waals surface area contributed by atoms with Crippen LogP contribution in [0, 0.1) is 5.92 Å². The summed E-state index contributed by atoms with van der Waals surface area (Å²) < 4.78 is 65.8. The van der Waals surface area contributed by atoms with Crippen LogP contribution in [0.2, 0.25) is 0 Å². The highest BCUT2D eigenvalue weighted by molar-refractivity contribution is 7.89. The lowest BCUT2D eigenvalue weighted by atomic mass is 9.64. The number of nitrogens with one attached hydrogen (secondary N) is 1. The van der Waals surface area contributed by atoms with E-state index >= 15 is 0 Å². The van der Waals surface area contributed by atoms with Crippen LogP contribution in [0.4, 0.5) is 13.2 Å². The third kappa shape index (κ3) is 4.94. The average Bonchev–Trinajstić information content (AvgIpc) is 2.78. The van der Waals surface area contributed by atoms with Crippen LogP contribution in [0.5, 0.6) is 0 Å². The van der Waals surface area contributed by atoms with Crippen LogP contribution in [-0.4, -0.2) is 38.3 Å². The molecule has 1 saturated heterocycles. The van der Waals surface area contributed by atoms with E-state index in [-0.39, 0.29) is 35.2 Å². The van der Waals surface area contributed by atoms with Gasteiger partial charge in [0.2, 0.25) is 15.9 Å². The number of nitrogens with zero attached hydrogens (tertiary/aromatic N) is 1. The molecule has 2 fully saturated rings. The van der Waals surface area contributed by atoms with Gasteiger partial charge in [0.25, 0.3) is 0 Å².